The topological polar surface area (TPSA) is 81.2 Å². The van der Waals surface area contributed by atoms with Crippen LogP contribution in [0.4, 0.5) is 0 Å². The second-order valence-electron chi connectivity index (χ2n) is 6.55. The fourth-order valence-electron chi connectivity index (χ4n) is 2.72. The number of rotatable bonds is 7. The summed E-state index contributed by atoms with van der Waals surface area (Å²) in [6.07, 6.45) is 2.57. The first-order chi connectivity index (χ1) is 10.4. The Bertz CT molecular complexity index is 590. The molecule has 122 valence electrons. The maximum Gasteiger partial charge on any atom is 0.267 e. The van der Waals surface area contributed by atoms with E-state index < -0.39 is 11.9 Å². The van der Waals surface area contributed by atoms with Crippen LogP contribution in [0.5, 0.6) is 0 Å². The lowest BCUT2D eigenvalue weighted by Gasteiger charge is -2.30. The van der Waals surface area contributed by atoms with Crippen molar-refractivity contribution in [1.82, 2.24) is 14.7 Å². The number of nitrogens with two attached hydrogens (primary N) is 1. The van der Waals surface area contributed by atoms with Gasteiger partial charge in [-0.3, -0.25) is 9.59 Å². The molecule has 2 rings (SSSR count). The molecule has 1 atom stereocenters. The molecular weight excluding hydrogens is 280 g/mol. The normalized spacial score (nSPS) is 16.5. The molecule has 0 aromatic carbocycles. The van der Waals surface area contributed by atoms with Gasteiger partial charge >= 0.3 is 0 Å². The van der Waals surface area contributed by atoms with Gasteiger partial charge in [-0.05, 0) is 44.3 Å². The fourth-order valence-corrected chi connectivity index (χ4v) is 2.72. The van der Waals surface area contributed by atoms with E-state index >= 15 is 0 Å². The largest absolute Gasteiger partial charge is 0.368 e. The maximum absolute atomic E-state index is 12.2. The Morgan fingerprint density at radius 3 is 2.59 bits per heavy atom. The van der Waals surface area contributed by atoms with Gasteiger partial charge in [0.2, 0.25) is 5.91 Å². The zero-order valence-corrected chi connectivity index (χ0v) is 13.7. The lowest BCUT2D eigenvalue weighted by Crippen LogP contribution is -2.39. The van der Waals surface area contributed by atoms with Crippen LogP contribution in [0.1, 0.15) is 44.0 Å². The van der Waals surface area contributed by atoms with Crippen LogP contribution in [0.25, 0.3) is 0 Å². The molecule has 2 heterocycles. The molecule has 1 fully saturated rings. The molecule has 6 nitrogen and oxygen atoms in total. The van der Waals surface area contributed by atoms with Crippen molar-refractivity contribution >= 4 is 5.91 Å². The van der Waals surface area contributed by atoms with Crippen molar-refractivity contribution in [3.63, 3.8) is 0 Å². The SMILES string of the molecule is Cc1cc(=O)n([C@@H](CC(C)C)C(N)=O)nc1CCN1CCC1. The quantitative estimate of drug-likeness (QED) is 0.810. The molecule has 1 aromatic heterocycles. The summed E-state index contributed by atoms with van der Waals surface area (Å²) in [5.41, 5.74) is 6.99. The lowest BCUT2D eigenvalue weighted by molar-refractivity contribution is -0.122. The van der Waals surface area contributed by atoms with Crippen LogP contribution in [-0.4, -0.2) is 40.2 Å². The van der Waals surface area contributed by atoms with Crippen molar-refractivity contribution in [2.75, 3.05) is 19.6 Å². The van der Waals surface area contributed by atoms with Gasteiger partial charge < -0.3 is 10.6 Å². The second kappa shape index (κ2) is 7.05. The van der Waals surface area contributed by atoms with Crippen LogP contribution >= 0.6 is 0 Å². The van der Waals surface area contributed by atoms with Crippen molar-refractivity contribution in [2.45, 2.75) is 46.1 Å². The summed E-state index contributed by atoms with van der Waals surface area (Å²) in [6.45, 7) is 9.11. The molecule has 0 radical (unpaired) electrons. The van der Waals surface area contributed by atoms with Crippen LogP contribution in [0, 0.1) is 12.8 Å². The Hall–Kier alpha value is -1.69. The molecular formula is C16H26N4O2. The third-order valence-corrected chi connectivity index (χ3v) is 4.18. The first kappa shape index (κ1) is 16.7. The summed E-state index contributed by atoms with van der Waals surface area (Å²) >= 11 is 0. The molecule has 1 aliphatic rings. The summed E-state index contributed by atoms with van der Waals surface area (Å²) in [6, 6.07) is 0.894. The summed E-state index contributed by atoms with van der Waals surface area (Å²) in [4.78, 5) is 26.3. The molecule has 1 aromatic rings. The van der Waals surface area contributed by atoms with Gasteiger partial charge in [-0.1, -0.05) is 13.8 Å². The molecule has 1 aliphatic heterocycles. The van der Waals surface area contributed by atoms with E-state index in [1.54, 1.807) is 6.07 Å². The number of carbonyl (C=O) groups excluding carboxylic acids is 1. The fraction of sp³-hybridized carbons (Fsp3) is 0.688. The number of likely N-dealkylation sites (tertiary alicyclic amines) is 1. The van der Waals surface area contributed by atoms with E-state index in [1.807, 2.05) is 20.8 Å². The first-order valence-corrected chi connectivity index (χ1v) is 7.99. The van der Waals surface area contributed by atoms with Crippen LogP contribution in [0.15, 0.2) is 10.9 Å². The molecule has 0 unspecified atom stereocenters. The highest BCUT2D eigenvalue weighted by Crippen LogP contribution is 2.16. The van der Waals surface area contributed by atoms with Crippen molar-refractivity contribution in [2.24, 2.45) is 11.7 Å². The lowest BCUT2D eigenvalue weighted by atomic mass is 10.0. The van der Waals surface area contributed by atoms with Gasteiger partial charge in [0.25, 0.3) is 5.56 Å². The highest BCUT2D eigenvalue weighted by atomic mass is 16.2. The van der Waals surface area contributed by atoms with Crippen molar-refractivity contribution < 1.29 is 4.79 Å². The zero-order chi connectivity index (χ0) is 16.3. The Kier molecular flexibility index (Phi) is 5.34. The van der Waals surface area contributed by atoms with E-state index in [-0.39, 0.29) is 11.5 Å². The van der Waals surface area contributed by atoms with Crippen molar-refractivity contribution in [1.29, 1.82) is 0 Å². The highest BCUT2D eigenvalue weighted by molar-refractivity contribution is 5.78. The third kappa shape index (κ3) is 3.94. The Labute approximate surface area is 131 Å². The Morgan fingerprint density at radius 1 is 1.41 bits per heavy atom. The van der Waals surface area contributed by atoms with E-state index in [1.165, 1.54) is 11.1 Å². The predicted octanol–water partition coefficient (Wildman–Crippen LogP) is 0.872. The third-order valence-electron chi connectivity index (χ3n) is 4.18. The number of hydrogen-bond acceptors (Lipinski definition) is 4. The maximum atomic E-state index is 12.2. The van der Waals surface area contributed by atoms with Gasteiger partial charge in [-0.2, -0.15) is 5.10 Å². The summed E-state index contributed by atoms with van der Waals surface area (Å²) in [5, 5.41) is 4.45. The molecule has 2 N–H and O–H groups in total. The number of aryl methyl sites for hydroxylation is 1. The van der Waals surface area contributed by atoms with Crippen molar-refractivity contribution in [3.8, 4) is 0 Å². The van der Waals surface area contributed by atoms with E-state index in [0.29, 0.717) is 6.42 Å². The molecule has 6 heteroatoms. The standard InChI is InChI=1S/C16H26N4O2/c1-11(2)9-14(16(17)22)20-15(21)10-12(3)13(18-20)5-8-19-6-4-7-19/h10-11,14H,4-9H2,1-3H3,(H2,17,22)/t14-/m0/s1. The molecule has 0 bridgehead atoms. The average molecular weight is 306 g/mol. The Balaban J connectivity index is 2.24. The number of primary amides is 1. The van der Waals surface area contributed by atoms with Gasteiger partial charge in [-0.25, -0.2) is 4.68 Å². The smallest absolute Gasteiger partial charge is 0.267 e. The molecule has 0 saturated carbocycles. The number of nitrogens with zero attached hydrogens (tertiary/aromatic N) is 3. The van der Waals surface area contributed by atoms with Crippen LogP contribution in [0.2, 0.25) is 0 Å². The van der Waals surface area contributed by atoms with Gasteiger partial charge in [0.1, 0.15) is 6.04 Å². The second-order valence-corrected chi connectivity index (χ2v) is 6.55. The van der Waals surface area contributed by atoms with Crippen LogP contribution in [0.3, 0.4) is 0 Å². The van der Waals surface area contributed by atoms with E-state index in [0.717, 1.165) is 37.3 Å². The molecule has 1 amide bonds. The van der Waals surface area contributed by atoms with E-state index in [4.69, 9.17) is 5.73 Å². The minimum atomic E-state index is -0.671. The molecule has 22 heavy (non-hydrogen) atoms. The van der Waals surface area contributed by atoms with Gasteiger partial charge in [0.15, 0.2) is 0 Å². The average Bonchev–Trinajstić information content (AvgIpc) is 2.36. The predicted molar refractivity (Wildman–Crippen MR) is 85.7 cm³/mol. The number of aromatic nitrogens is 2. The molecule has 0 aliphatic carbocycles. The minimum absolute atomic E-state index is 0.255. The van der Waals surface area contributed by atoms with Crippen LogP contribution < -0.4 is 11.3 Å². The van der Waals surface area contributed by atoms with Crippen molar-refractivity contribution in [3.05, 3.63) is 27.7 Å². The van der Waals surface area contributed by atoms with Gasteiger partial charge in [0, 0.05) is 19.0 Å². The monoisotopic (exact) mass is 306 g/mol. The summed E-state index contributed by atoms with van der Waals surface area (Å²) < 4.78 is 1.28. The van der Waals surface area contributed by atoms with Gasteiger partial charge in [0.05, 0.1) is 5.69 Å². The zero-order valence-electron chi connectivity index (χ0n) is 13.7. The Morgan fingerprint density at radius 2 is 2.09 bits per heavy atom. The minimum Gasteiger partial charge on any atom is -0.368 e. The summed E-state index contributed by atoms with van der Waals surface area (Å²) in [5.74, 6) is -0.238. The van der Waals surface area contributed by atoms with E-state index in [9.17, 15) is 9.59 Å². The van der Waals surface area contributed by atoms with Crippen LogP contribution in [-0.2, 0) is 11.2 Å². The number of carbonyl (C=O) groups is 1. The highest BCUT2D eigenvalue weighted by Gasteiger charge is 2.22. The number of amides is 1. The van der Waals surface area contributed by atoms with E-state index in [2.05, 4.69) is 10.00 Å². The molecule has 1 saturated heterocycles. The first-order valence-electron chi connectivity index (χ1n) is 7.99. The number of hydrogen-bond donors (Lipinski definition) is 1. The van der Waals surface area contributed by atoms with Gasteiger partial charge in [-0.15, -0.1) is 0 Å². The molecule has 0 spiro atoms. The summed E-state index contributed by atoms with van der Waals surface area (Å²) in [7, 11) is 0.